The summed E-state index contributed by atoms with van der Waals surface area (Å²) in [6.45, 7) is 13.9. The quantitative estimate of drug-likeness (QED) is 0.0353. The number of ether oxygens (including phenoxy) is 4. The van der Waals surface area contributed by atoms with Gasteiger partial charge in [-0.25, -0.2) is 35.9 Å². The summed E-state index contributed by atoms with van der Waals surface area (Å²) in [4.78, 5) is 34.1. The number of halogens is 2. The van der Waals surface area contributed by atoms with Gasteiger partial charge in [0.2, 0.25) is 20.0 Å². The summed E-state index contributed by atoms with van der Waals surface area (Å²) >= 11 is 12.9. The van der Waals surface area contributed by atoms with E-state index in [1.807, 2.05) is 12.1 Å². The number of rotatable bonds is 29. The van der Waals surface area contributed by atoms with Gasteiger partial charge in [0, 0.05) is 101 Å². The molecule has 4 aromatic carbocycles. The molecule has 4 aromatic rings. The molecule has 4 heterocycles. The van der Waals surface area contributed by atoms with Crippen molar-refractivity contribution in [1.82, 2.24) is 60.9 Å². The van der Waals surface area contributed by atoms with Crippen molar-refractivity contribution in [3.05, 3.63) is 116 Å². The fourth-order valence-electron chi connectivity index (χ4n) is 13.2. The molecule has 2 aliphatic carbocycles. The molecule has 0 radical (unpaired) electrons. The van der Waals surface area contributed by atoms with Crippen LogP contribution in [0.1, 0.15) is 84.1 Å². The van der Waals surface area contributed by atoms with Gasteiger partial charge < -0.3 is 50.8 Å². The number of sulfonamides is 2. The number of amides is 4. The summed E-state index contributed by atoms with van der Waals surface area (Å²) in [5.41, 5.74) is 4.78. The van der Waals surface area contributed by atoms with E-state index in [0.29, 0.717) is 163 Å². The Morgan fingerprint density at radius 3 is 1.37 bits per heavy atom. The normalized spacial score (nSPS) is 22.3. The molecule has 498 valence electrons. The summed E-state index contributed by atoms with van der Waals surface area (Å²) in [5.74, 6) is 1.06. The Labute approximate surface area is 550 Å². The molecule has 0 spiro atoms. The number of hydrogen-bond donors (Lipinski definition) is 8. The number of benzene rings is 4. The SMILES string of the molecule is N#Cc1cc(Cl)cc2c1C[C@H](N1CCCNCC1)[C@H]2Oc1ccc(S(=O)(=O)N[C@H]2CCN(CCOCCNC(=O)NCCCCNC(=O)NCCOCCN3CC[C@H](NS(=O)(=O)c4ccc(O[C@H]5c6cc(Cl)cc(C#N)c6C[C@@H]5N5CCCNCC5)cc4)C3)C2)cc1. The summed E-state index contributed by atoms with van der Waals surface area (Å²) in [7, 11) is -7.62. The number of unbranched alkanes of at least 4 members (excludes halogenated alkanes) is 1. The van der Waals surface area contributed by atoms with Gasteiger partial charge in [-0.05, 0) is 186 Å². The van der Waals surface area contributed by atoms with Crippen LogP contribution in [0.15, 0.2) is 82.6 Å². The number of nitrogens with one attached hydrogen (secondary N) is 8. The number of fused-ring (bicyclic) bond motifs is 2. The lowest BCUT2D eigenvalue weighted by Crippen LogP contribution is -2.42. The van der Waals surface area contributed by atoms with Crippen molar-refractivity contribution in [3.8, 4) is 23.6 Å². The number of nitrogens with zero attached hydrogens (tertiary/aromatic N) is 6. The highest BCUT2D eigenvalue weighted by Crippen LogP contribution is 2.43. The van der Waals surface area contributed by atoms with Crippen LogP contribution in [0, 0.1) is 22.7 Å². The zero-order chi connectivity index (χ0) is 64.5. The lowest BCUT2D eigenvalue weighted by molar-refractivity contribution is 0.0820. The highest BCUT2D eigenvalue weighted by atomic mass is 35.5. The fourth-order valence-corrected chi connectivity index (χ4v) is 16.2. The molecule has 0 saturated carbocycles. The molecular formula is C64H86Cl2N14O10S2. The third-order valence-electron chi connectivity index (χ3n) is 17.9. The van der Waals surface area contributed by atoms with E-state index >= 15 is 0 Å². The average Bonchev–Trinajstić information content (AvgIpc) is 1.62. The van der Waals surface area contributed by atoms with E-state index in [-0.39, 0.29) is 58.2 Å². The molecule has 0 bridgehead atoms. The second kappa shape index (κ2) is 33.5. The van der Waals surface area contributed by atoms with Gasteiger partial charge in [0.15, 0.2) is 0 Å². The highest BCUT2D eigenvalue weighted by Gasteiger charge is 2.42. The topological polar surface area (TPSA) is 296 Å². The number of hydrogen-bond acceptors (Lipinski definition) is 18. The highest BCUT2D eigenvalue weighted by molar-refractivity contribution is 7.89. The lowest BCUT2D eigenvalue weighted by Gasteiger charge is -2.32. The Bertz CT molecular complexity index is 3220. The summed E-state index contributed by atoms with van der Waals surface area (Å²) in [5, 5.41) is 38.9. The van der Waals surface area contributed by atoms with Crippen molar-refractivity contribution in [1.29, 1.82) is 10.5 Å². The Hall–Kier alpha value is -5.92. The number of carbonyl (C=O) groups excluding carboxylic acids is 2. The maximum atomic E-state index is 13.5. The van der Waals surface area contributed by atoms with E-state index in [1.54, 1.807) is 60.7 Å². The van der Waals surface area contributed by atoms with Crippen molar-refractivity contribution in [3.63, 3.8) is 0 Å². The summed E-state index contributed by atoms with van der Waals surface area (Å²) < 4.78 is 84.5. The van der Waals surface area contributed by atoms with Crippen molar-refractivity contribution < 1.29 is 45.4 Å². The molecule has 6 aliphatic rings. The van der Waals surface area contributed by atoms with Crippen molar-refractivity contribution >= 4 is 55.3 Å². The Kier molecular flexibility index (Phi) is 25.1. The first-order chi connectivity index (χ1) is 44.6. The van der Waals surface area contributed by atoms with Gasteiger partial charge in [-0.3, -0.25) is 19.6 Å². The van der Waals surface area contributed by atoms with E-state index in [4.69, 9.17) is 42.1 Å². The second-order valence-electron chi connectivity index (χ2n) is 24.2. The zero-order valence-electron chi connectivity index (χ0n) is 51.9. The monoisotopic (exact) mass is 1340 g/mol. The third kappa shape index (κ3) is 18.9. The minimum absolute atomic E-state index is 0.00109. The van der Waals surface area contributed by atoms with Gasteiger partial charge in [-0.2, -0.15) is 10.5 Å². The van der Waals surface area contributed by atoms with Crippen LogP contribution in [0.2, 0.25) is 10.0 Å². The van der Waals surface area contributed by atoms with Crippen molar-refractivity contribution in [2.45, 2.75) is 97.5 Å². The Balaban J connectivity index is 0.525. The van der Waals surface area contributed by atoms with Crippen LogP contribution in [0.4, 0.5) is 9.59 Å². The third-order valence-corrected chi connectivity index (χ3v) is 21.4. The first-order valence-corrected chi connectivity index (χ1v) is 35.9. The molecule has 8 N–H and O–H groups in total. The molecule has 24 nitrogen and oxygen atoms in total. The minimum atomic E-state index is -3.81. The Morgan fingerprint density at radius 2 is 0.957 bits per heavy atom. The number of nitriles is 2. The minimum Gasteiger partial charge on any atom is -0.484 e. The molecule has 4 amide bonds. The van der Waals surface area contributed by atoms with Crippen LogP contribution in [0.3, 0.4) is 0 Å². The molecule has 0 aromatic heterocycles. The van der Waals surface area contributed by atoms with Gasteiger partial charge in [-0.1, -0.05) is 23.2 Å². The first kappa shape index (κ1) is 68.9. The second-order valence-corrected chi connectivity index (χ2v) is 28.5. The Morgan fingerprint density at radius 1 is 0.543 bits per heavy atom. The van der Waals surface area contributed by atoms with E-state index in [1.165, 1.54) is 0 Å². The lowest BCUT2D eigenvalue weighted by atomic mass is 10.0. The van der Waals surface area contributed by atoms with E-state index in [9.17, 15) is 36.9 Å². The molecule has 4 fully saturated rings. The predicted octanol–water partition coefficient (Wildman–Crippen LogP) is 4.23. The van der Waals surface area contributed by atoms with Crippen LogP contribution in [-0.2, 0) is 42.4 Å². The van der Waals surface area contributed by atoms with Crippen LogP contribution in [-0.4, -0.2) is 217 Å². The molecule has 28 heteroatoms. The van der Waals surface area contributed by atoms with Crippen LogP contribution < -0.4 is 50.8 Å². The fraction of sp³-hybridized carbons (Fsp3) is 0.562. The number of urea groups is 2. The number of carbonyl (C=O) groups is 2. The van der Waals surface area contributed by atoms with Gasteiger partial charge >= 0.3 is 12.1 Å². The molecule has 6 atom stereocenters. The summed E-state index contributed by atoms with van der Waals surface area (Å²) in [6, 6.07) is 23.6. The van der Waals surface area contributed by atoms with Gasteiger partial charge in [-0.15, -0.1) is 0 Å². The smallest absolute Gasteiger partial charge is 0.314 e. The average molecular weight is 1350 g/mol. The van der Waals surface area contributed by atoms with Gasteiger partial charge in [0.05, 0.1) is 71.6 Å². The van der Waals surface area contributed by atoms with E-state index in [2.05, 4.69) is 73.1 Å². The van der Waals surface area contributed by atoms with Gasteiger partial charge in [0.25, 0.3) is 0 Å². The molecule has 4 saturated heterocycles. The predicted molar refractivity (Wildman–Crippen MR) is 349 cm³/mol. The molecule has 92 heavy (non-hydrogen) atoms. The van der Waals surface area contributed by atoms with Crippen LogP contribution in [0.25, 0.3) is 0 Å². The van der Waals surface area contributed by atoms with Crippen LogP contribution in [0.5, 0.6) is 11.5 Å². The largest absolute Gasteiger partial charge is 0.484 e. The number of likely N-dealkylation sites (tertiary alicyclic amines) is 2. The molecular weight excluding hydrogens is 1260 g/mol. The van der Waals surface area contributed by atoms with E-state index in [0.717, 1.165) is 87.5 Å². The standard InChI is InChI=1S/C64H86Cl2N14O10S2/c65-47-35-45(41-67)55-39-59(79-23-3-15-69-19-27-79)61(57(55)37-47)89-51-5-9-53(10-6-51)91(83,84)75-49-13-25-77(43-49)29-33-87-31-21-73-63(81)71-17-1-2-18-72-64(82)74-22-32-88-34-30-78-26-14-50(44-78)76-92(85,86)54-11-7-52(8-12-54)90-62-58-38-48(66)36-46(42-68)56(58)40-60(62)80-24-4-16-70-20-28-80/h5-12,35-38,49-50,59-62,69-70,75-76H,1-4,13-34,39-40,43-44H2,(H2,71,73,81)(H2,72,74,82)/t49-,50-,59-,60-,61-,62-/m0/s1. The molecule has 4 aliphatic heterocycles. The van der Waals surface area contributed by atoms with Gasteiger partial charge in [0.1, 0.15) is 23.7 Å². The maximum Gasteiger partial charge on any atom is 0.314 e. The van der Waals surface area contributed by atoms with Crippen molar-refractivity contribution in [2.24, 2.45) is 0 Å². The van der Waals surface area contributed by atoms with Crippen molar-refractivity contribution in [2.75, 3.05) is 144 Å². The molecule has 10 rings (SSSR count). The summed E-state index contributed by atoms with van der Waals surface area (Å²) in [6.07, 6.45) is 5.21. The maximum absolute atomic E-state index is 13.5. The first-order valence-electron chi connectivity index (χ1n) is 32.2. The zero-order valence-corrected chi connectivity index (χ0v) is 55.1. The van der Waals surface area contributed by atoms with Crippen LogP contribution >= 0.6 is 23.2 Å². The molecule has 0 unspecified atom stereocenters. The van der Waals surface area contributed by atoms with E-state index < -0.39 is 20.0 Å².